The highest BCUT2D eigenvalue weighted by atomic mass is 19.1. The number of nitrogens with zero attached hydrogens (tertiary/aromatic N) is 4. The van der Waals surface area contributed by atoms with Crippen LogP contribution in [0, 0.1) is 11.6 Å². The summed E-state index contributed by atoms with van der Waals surface area (Å²) in [4.78, 5) is 13.4. The standard InChI is InChI=1S/C23H27F2N5O/c1-15-14-26-8-9-30(15)23-17-12-19(25)22(16-6-4-5-7-18(16)24)27-20(17)13-21(28-23)31-11-10-29(2)3/h4-7,12-13,15,26H,8-11,14H2,1-3H3/t15-/m0/s1. The Morgan fingerprint density at radius 3 is 2.71 bits per heavy atom. The highest BCUT2D eigenvalue weighted by Crippen LogP contribution is 2.33. The first-order valence-electron chi connectivity index (χ1n) is 10.4. The number of pyridine rings is 2. The molecule has 0 bridgehead atoms. The molecule has 0 saturated carbocycles. The Labute approximate surface area is 180 Å². The van der Waals surface area contributed by atoms with Crippen LogP contribution >= 0.6 is 0 Å². The molecular weight excluding hydrogens is 400 g/mol. The van der Waals surface area contributed by atoms with Crippen LogP contribution in [0.25, 0.3) is 22.2 Å². The van der Waals surface area contributed by atoms with Crippen LogP contribution in [0.1, 0.15) is 6.92 Å². The van der Waals surface area contributed by atoms with Crippen LogP contribution in [0.5, 0.6) is 5.88 Å². The molecule has 4 rings (SSSR count). The van der Waals surface area contributed by atoms with Gasteiger partial charge in [-0.2, -0.15) is 4.98 Å². The van der Waals surface area contributed by atoms with Crippen molar-refractivity contribution < 1.29 is 13.5 Å². The van der Waals surface area contributed by atoms with E-state index in [2.05, 4.69) is 22.1 Å². The van der Waals surface area contributed by atoms with E-state index in [9.17, 15) is 4.39 Å². The zero-order chi connectivity index (χ0) is 22.0. The van der Waals surface area contributed by atoms with E-state index in [0.29, 0.717) is 29.2 Å². The third kappa shape index (κ3) is 4.60. The molecule has 1 fully saturated rings. The second-order valence-corrected chi connectivity index (χ2v) is 8.05. The van der Waals surface area contributed by atoms with Gasteiger partial charge in [0.25, 0.3) is 0 Å². The van der Waals surface area contributed by atoms with Crippen LogP contribution in [0.15, 0.2) is 36.4 Å². The molecule has 0 radical (unpaired) electrons. The Hall–Kier alpha value is -2.84. The third-order valence-electron chi connectivity index (χ3n) is 5.41. The van der Waals surface area contributed by atoms with E-state index < -0.39 is 11.6 Å². The van der Waals surface area contributed by atoms with Gasteiger partial charge in [0, 0.05) is 49.2 Å². The summed E-state index contributed by atoms with van der Waals surface area (Å²) in [5.74, 6) is -0.0306. The molecule has 8 heteroatoms. The minimum Gasteiger partial charge on any atom is -0.476 e. The number of hydrogen-bond acceptors (Lipinski definition) is 6. The van der Waals surface area contributed by atoms with E-state index >= 15 is 4.39 Å². The number of aromatic nitrogens is 2. The number of likely N-dealkylation sites (N-methyl/N-ethyl adjacent to an activating group) is 1. The molecule has 0 spiro atoms. The molecule has 1 N–H and O–H groups in total. The maximum atomic E-state index is 15.1. The van der Waals surface area contributed by atoms with E-state index in [4.69, 9.17) is 9.72 Å². The minimum absolute atomic E-state index is 0.0182. The van der Waals surface area contributed by atoms with Crippen molar-refractivity contribution in [1.29, 1.82) is 0 Å². The van der Waals surface area contributed by atoms with Gasteiger partial charge in [-0.15, -0.1) is 0 Å². The smallest absolute Gasteiger partial charge is 0.217 e. The zero-order valence-electron chi connectivity index (χ0n) is 18.0. The number of fused-ring (bicyclic) bond motifs is 1. The zero-order valence-corrected chi connectivity index (χ0v) is 18.0. The summed E-state index contributed by atoms with van der Waals surface area (Å²) in [6.45, 7) is 5.64. The highest BCUT2D eigenvalue weighted by molar-refractivity contribution is 5.92. The van der Waals surface area contributed by atoms with Crippen LogP contribution in [0.3, 0.4) is 0 Å². The van der Waals surface area contributed by atoms with Crippen LogP contribution in [-0.2, 0) is 0 Å². The van der Waals surface area contributed by atoms with Gasteiger partial charge < -0.3 is 19.9 Å². The highest BCUT2D eigenvalue weighted by Gasteiger charge is 2.24. The fraction of sp³-hybridized carbons (Fsp3) is 0.391. The first-order chi connectivity index (χ1) is 14.9. The minimum atomic E-state index is -0.579. The van der Waals surface area contributed by atoms with Crippen LogP contribution in [-0.4, -0.2) is 67.8 Å². The summed E-state index contributed by atoms with van der Waals surface area (Å²) in [5, 5.41) is 3.94. The van der Waals surface area contributed by atoms with Gasteiger partial charge in [-0.1, -0.05) is 12.1 Å². The van der Waals surface area contributed by atoms with E-state index in [-0.39, 0.29) is 17.3 Å². The van der Waals surface area contributed by atoms with Gasteiger partial charge in [0.15, 0.2) is 0 Å². The molecule has 164 valence electrons. The van der Waals surface area contributed by atoms with E-state index in [0.717, 1.165) is 26.2 Å². The van der Waals surface area contributed by atoms with Crippen LogP contribution in [0.2, 0.25) is 0 Å². The van der Waals surface area contributed by atoms with Gasteiger partial charge in [-0.3, -0.25) is 0 Å². The number of piperazine rings is 1. The van der Waals surface area contributed by atoms with Gasteiger partial charge in [0.05, 0.1) is 5.52 Å². The molecule has 6 nitrogen and oxygen atoms in total. The number of anilines is 1. The third-order valence-corrected chi connectivity index (χ3v) is 5.41. The van der Waals surface area contributed by atoms with Crippen molar-refractivity contribution in [1.82, 2.24) is 20.2 Å². The maximum absolute atomic E-state index is 15.1. The molecule has 0 aliphatic carbocycles. The lowest BCUT2D eigenvalue weighted by molar-refractivity contribution is 0.254. The van der Waals surface area contributed by atoms with Gasteiger partial charge in [0.2, 0.25) is 5.88 Å². The Morgan fingerprint density at radius 2 is 1.97 bits per heavy atom. The average Bonchev–Trinajstić information content (AvgIpc) is 2.74. The van der Waals surface area contributed by atoms with Gasteiger partial charge in [-0.05, 0) is 39.2 Å². The number of benzene rings is 1. The van der Waals surface area contributed by atoms with E-state index in [1.165, 1.54) is 18.2 Å². The molecule has 1 aliphatic rings. The average molecular weight is 427 g/mol. The van der Waals surface area contributed by atoms with Crippen molar-refractivity contribution in [2.45, 2.75) is 13.0 Å². The van der Waals surface area contributed by atoms with Crippen molar-refractivity contribution >= 4 is 16.7 Å². The Bertz CT molecular complexity index is 1080. The summed E-state index contributed by atoms with van der Waals surface area (Å²) < 4.78 is 35.3. The largest absolute Gasteiger partial charge is 0.476 e. The van der Waals surface area contributed by atoms with E-state index in [1.54, 1.807) is 18.2 Å². The number of rotatable bonds is 6. The Balaban J connectivity index is 1.84. The molecule has 2 aromatic heterocycles. The van der Waals surface area contributed by atoms with Crippen molar-refractivity contribution in [2.75, 3.05) is 51.8 Å². The summed E-state index contributed by atoms with van der Waals surface area (Å²) >= 11 is 0. The van der Waals surface area contributed by atoms with Gasteiger partial charge in [-0.25, -0.2) is 13.8 Å². The van der Waals surface area contributed by atoms with Gasteiger partial charge >= 0.3 is 0 Å². The van der Waals surface area contributed by atoms with Crippen molar-refractivity contribution in [3.8, 4) is 17.1 Å². The monoisotopic (exact) mass is 427 g/mol. The predicted molar refractivity (Wildman–Crippen MR) is 119 cm³/mol. The molecule has 1 saturated heterocycles. The molecule has 1 atom stereocenters. The predicted octanol–water partition coefficient (Wildman–Crippen LogP) is 3.31. The number of ether oxygens (including phenoxy) is 1. The van der Waals surface area contributed by atoms with Crippen molar-refractivity contribution in [2.24, 2.45) is 0 Å². The summed E-state index contributed by atoms with van der Waals surface area (Å²) in [5.41, 5.74) is 0.636. The molecule has 3 heterocycles. The topological polar surface area (TPSA) is 53.5 Å². The molecule has 31 heavy (non-hydrogen) atoms. The quantitative estimate of drug-likeness (QED) is 0.652. The van der Waals surface area contributed by atoms with Crippen molar-refractivity contribution in [3.63, 3.8) is 0 Å². The normalized spacial score (nSPS) is 16.8. The van der Waals surface area contributed by atoms with Crippen LogP contribution < -0.4 is 15.0 Å². The number of halogens is 2. The molecule has 3 aromatic rings. The second kappa shape index (κ2) is 9.11. The van der Waals surface area contributed by atoms with E-state index in [1.807, 2.05) is 19.0 Å². The molecule has 1 aromatic carbocycles. The summed E-state index contributed by atoms with van der Waals surface area (Å²) in [7, 11) is 3.94. The lowest BCUT2D eigenvalue weighted by Gasteiger charge is -2.35. The molecule has 1 aliphatic heterocycles. The van der Waals surface area contributed by atoms with Crippen LogP contribution in [0.4, 0.5) is 14.6 Å². The second-order valence-electron chi connectivity index (χ2n) is 8.05. The first-order valence-corrected chi connectivity index (χ1v) is 10.4. The first kappa shape index (κ1) is 21.4. The molecule has 0 unspecified atom stereocenters. The molecule has 0 amide bonds. The Morgan fingerprint density at radius 1 is 1.16 bits per heavy atom. The van der Waals surface area contributed by atoms with Gasteiger partial charge in [0.1, 0.15) is 29.8 Å². The van der Waals surface area contributed by atoms with Crippen molar-refractivity contribution in [3.05, 3.63) is 48.0 Å². The number of nitrogens with one attached hydrogen (secondary N) is 1. The summed E-state index contributed by atoms with van der Waals surface area (Å²) in [6, 6.07) is 9.35. The SMILES string of the molecule is C[C@H]1CNCCN1c1nc(OCCN(C)C)cc2nc(-c3ccccc3F)c(F)cc12. The maximum Gasteiger partial charge on any atom is 0.217 e. The number of hydrogen-bond donors (Lipinski definition) is 1. The summed E-state index contributed by atoms with van der Waals surface area (Å²) in [6.07, 6.45) is 0. The lowest BCUT2D eigenvalue weighted by Crippen LogP contribution is -2.50. The lowest BCUT2D eigenvalue weighted by atomic mass is 10.1. The fourth-order valence-electron chi connectivity index (χ4n) is 3.73. The fourth-order valence-corrected chi connectivity index (χ4v) is 3.73. The molecular formula is C23H27F2N5O. The Kier molecular flexibility index (Phi) is 6.29.